The Balaban J connectivity index is 1.39. The minimum Gasteiger partial charge on any atom is -0.353 e. The molecular formula is C23H28N6O2. The lowest BCUT2D eigenvalue weighted by molar-refractivity contribution is -0.118. The summed E-state index contributed by atoms with van der Waals surface area (Å²) in [6.07, 6.45) is 3.19. The van der Waals surface area contributed by atoms with Crippen molar-refractivity contribution in [2.24, 2.45) is 5.41 Å². The summed E-state index contributed by atoms with van der Waals surface area (Å²) in [5.41, 5.74) is 6.58. The molecule has 1 saturated heterocycles. The number of rotatable bonds is 4. The van der Waals surface area contributed by atoms with E-state index in [0.29, 0.717) is 18.5 Å². The third kappa shape index (κ3) is 3.56. The van der Waals surface area contributed by atoms with Crippen LogP contribution in [0.5, 0.6) is 0 Å². The van der Waals surface area contributed by atoms with Gasteiger partial charge in [-0.15, -0.1) is 0 Å². The molecular weight excluding hydrogens is 392 g/mol. The van der Waals surface area contributed by atoms with E-state index >= 15 is 0 Å². The van der Waals surface area contributed by atoms with E-state index in [2.05, 4.69) is 40.4 Å². The van der Waals surface area contributed by atoms with Gasteiger partial charge in [0.2, 0.25) is 5.91 Å². The zero-order valence-corrected chi connectivity index (χ0v) is 18.2. The van der Waals surface area contributed by atoms with Gasteiger partial charge in [0.1, 0.15) is 12.2 Å². The predicted octanol–water partition coefficient (Wildman–Crippen LogP) is 3.06. The molecule has 1 aromatic carbocycles. The lowest BCUT2D eigenvalue weighted by Gasteiger charge is -2.28. The molecule has 0 radical (unpaired) electrons. The molecule has 5 rings (SSSR count). The highest BCUT2D eigenvalue weighted by atomic mass is 16.2. The van der Waals surface area contributed by atoms with Gasteiger partial charge in [0, 0.05) is 48.0 Å². The highest BCUT2D eigenvalue weighted by molar-refractivity contribution is 5.98. The number of anilines is 1. The molecule has 8 nitrogen and oxygen atoms in total. The van der Waals surface area contributed by atoms with Crippen LogP contribution in [0, 0.1) is 5.41 Å². The number of fused-ring (bicyclic) bond motifs is 2. The monoisotopic (exact) mass is 420 g/mol. The summed E-state index contributed by atoms with van der Waals surface area (Å²) in [5.74, 6) is -0.118. The lowest BCUT2D eigenvalue weighted by atomic mass is 9.76. The molecule has 3 N–H and O–H groups in total. The molecule has 2 aliphatic rings. The van der Waals surface area contributed by atoms with Gasteiger partial charge in [-0.25, -0.2) is 4.79 Å². The molecule has 0 spiro atoms. The fourth-order valence-corrected chi connectivity index (χ4v) is 4.60. The fourth-order valence-electron chi connectivity index (χ4n) is 4.60. The van der Waals surface area contributed by atoms with Crippen LogP contribution in [0.15, 0.2) is 24.3 Å². The van der Waals surface area contributed by atoms with Crippen molar-refractivity contribution in [1.82, 2.24) is 25.4 Å². The van der Waals surface area contributed by atoms with E-state index in [9.17, 15) is 9.59 Å². The Morgan fingerprint density at radius 1 is 1.29 bits per heavy atom. The number of likely N-dealkylation sites (N-methyl/N-ethyl adjacent to an activating group) is 1. The molecule has 8 heteroatoms. The van der Waals surface area contributed by atoms with Crippen molar-refractivity contribution in [1.29, 1.82) is 0 Å². The van der Waals surface area contributed by atoms with Crippen LogP contribution in [0.4, 0.5) is 10.5 Å². The van der Waals surface area contributed by atoms with Gasteiger partial charge in [0.15, 0.2) is 0 Å². The molecule has 0 bridgehead atoms. The SMILES string of the molecule is CN(C(=O)CN1CCNC1=O)c1ccc2cc(-c3n[nH]c4c3CCC(C)(C)C4)[nH]c2c1. The second-order valence-electron chi connectivity index (χ2n) is 9.43. The van der Waals surface area contributed by atoms with Crippen LogP contribution >= 0.6 is 0 Å². The van der Waals surface area contributed by atoms with Gasteiger partial charge in [-0.3, -0.25) is 9.89 Å². The van der Waals surface area contributed by atoms with Gasteiger partial charge in [-0.2, -0.15) is 5.10 Å². The Hall–Kier alpha value is -3.29. The number of carbonyl (C=O) groups is 2. The minimum absolute atomic E-state index is 0.0755. The largest absolute Gasteiger partial charge is 0.353 e. The quantitative estimate of drug-likeness (QED) is 0.605. The van der Waals surface area contributed by atoms with Crippen molar-refractivity contribution in [2.45, 2.75) is 33.1 Å². The molecule has 2 aromatic heterocycles. The number of hydrogen-bond acceptors (Lipinski definition) is 3. The maximum atomic E-state index is 12.7. The fraction of sp³-hybridized carbons (Fsp3) is 0.435. The van der Waals surface area contributed by atoms with E-state index in [0.717, 1.165) is 47.2 Å². The number of aromatic amines is 2. The van der Waals surface area contributed by atoms with Crippen LogP contribution in [0.25, 0.3) is 22.3 Å². The third-order valence-electron chi connectivity index (χ3n) is 6.55. The van der Waals surface area contributed by atoms with Crippen molar-refractivity contribution < 1.29 is 9.59 Å². The number of urea groups is 1. The van der Waals surface area contributed by atoms with Crippen LogP contribution in [-0.2, 0) is 17.6 Å². The van der Waals surface area contributed by atoms with Crippen LogP contribution in [0.3, 0.4) is 0 Å². The van der Waals surface area contributed by atoms with Gasteiger partial charge in [-0.05, 0) is 42.9 Å². The summed E-state index contributed by atoms with van der Waals surface area (Å²) in [7, 11) is 1.74. The smallest absolute Gasteiger partial charge is 0.317 e. The van der Waals surface area contributed by atoms with Crippen LogP contribution in [0.2, 0.25) is 0 Å². The minimum atomic E-state index is -0.183. The Labute approximate surface area is 181 Å². The number of amides is 3. The highest BCUT2D eigenvalue weighted by Gasteiger charge is 2.29. The zero-order chi connectivity index (χ0) is 21.8. The molecule has 0 saturated carbocycles. The van der Waals surface area contributed by atoms with E-state index in [1.54, 1.807) is 11.9 Å². The number of carbonyl (C=O) groups excluding carboxylic acids is 2. The molecule has 1 aliphatic carbocycles. The third-order valence-corrected chi connectivity index (χ3v) is 6.55. The maximum absolute atomic E-state index is 12.7. The number of nitrogens with one attached hydrogen (secondary N) is 3. The van der Waals surface area contributed by atoms with Crippen molar-refractivity contribution in [2.75, 3.05) is 31.6 Å². The van der Waals surface area contributed by atoms with Gasteiger partial charge >= 0.3 is 6.03 Å². The van der Waals surface area contributed by atoms with Crippen molar-refractivity contribution in [3.63, 3.8) is 0 Å². The lowest BCUT2D eigenvalue weighted by Crippen LogP contribution is -2.40. The average molecular weight is 421 g/mol. The first-order valence-corrected chi connectivity index (χ1v) is 10.8. The van der Waals surface area contributed by atoms with Crippen LogP contribution in [-0.4, -0.2) is 58.7 Å². The molecule has 3 amide bonds. The number of benzene rings is 1. The maximum Gasteiger partial charge on any atom is 0.317 e. The number of nitrogens with zero attached hydrogens (tertiary/aromatic N) is 3. The summed E-state index contributed by atoms with van der Waals surface area (Å²) >= 11 is 0. The first-order chi connectivity index (χ1) is 14.8. The molecule has 31 heavy (non-hydrogen) atoms. The molecule has 1 aliphatic heterocycles. The molecule has 1 fully saturated rings. The number of aromatic nitrogens is 3. The molecule has 162 valence electrons. The molecule has 3 aromatic rings. The van der Waals surface area contributed by atoms with Gasteiger partial charge < -0.3 is 20.1 Å². The number of H-pyrrole nitrogens is 2. The van der Waals surface area contributed by atoms with E-state index in [-0.39, 0.29) is 18.5 Å². The van der Waals surface area contributed by atoms with Crippen molar-refractivity contribution >= 4 is 28.5 Å². The second-order valence-corrected chi connectivity index (χ2v) is 9.43. The first kappa shape index (κ1) is 19.7. The molecule has 0 atom stereocenters. The number of hydrogen-bond donors (Lipinski definition) is 3. The Morgan fingerprint density at radius 2 is 2.13 bits per heavy atom. The van der Waals surface area contributed by atoms with Crippen molar-refractivity contribution in [3.8, 4) is 11.4 Å². The van der Waals surface area contributed by atoms with E-state index in [1.807, 2.05) is 18.2 Å². The topological polar surface area (TPSA) is 97.1 Å². The van der Waals surface area contributed by atoms with Gasteiger partial charge in [-0.1, -0.05) is 19.9 Å². The summed E-state index contributed by atoms with van der Waals surface area (Å²) in [6.45, 7) is 5.82. The highest BCUT2D eigenvalue weighted by Crippen LogP contribution is 2.38. The summed E-state index contributed by atoms with van der Waals surface area (Å²) < 4.78 is 0. The summed E-state index contributed by atoms with van der Waals surface area (Å²) in [5, 5.41) is 11.7. The molecule has 3 heterocycles. The second kappa shape index (κ2) is 7.14. The summed E-state index contributed by atoms with van der Waals surface area (Å²) in [4.78, 5) is 31.0. The van der Waals surface area contributed by atoms with E-state index in [4.69, 9.17) is 0 Å². The van der Waals surface area contributed by atoms with E-state index < -0.39 is 0 Å². The predicted molar refractivity (Wildman–Crippen MR) is 120 cm³/mol. The zero-order valence-electron chi connectivity index (χ0n) is 18.2. The molecule has 0 unspecified atom stereocenters. The van der Waals surface area contributed by atoms with Crippen LogP contribution < -0.4 is 10.2 Å². The van der Waals surface area contributed by atoms with E-state index in [1.165, 1.54) is 16.2 Å². The standard InChI is InChI=1S/C23H28N6O2/c1-23(2)7-6-16-19(12-23)26-27-21(16)18-10-14-4-5-15(11-17(14)25-18)28(3)20(30)13-29-9-8-24-22(29)31/h4-5,10-11,25H,6-9,12-13H2,1-3H3,(H,24,31)(H,26,27). The Morgan fingerprint density at radius 3 is 2.90 bits per heavy atom. The van der Waals surface area contributed by atoms with Gasteiger partial charge in [0.05, 0.1) is 5.69 Å². The summed E-state index contributed by atoms with van der Waals surface area (Å²) in [6, 6.07) is 7.86. The Bertz CT molecular complexity index is 1170. The average Bonchev–Trinajstić information content (AvgIpc) is 3.44. The normalized spacial score (nSPS) is 17.6. The van der Waals surface area contributed by atoms with Crippen LogP contribution in [0.1, 0.15) is 31.5 Å². The van der Waals surface area contributed by atoms with Gasteiger partial charge in [0.25, 0.3) is 0 Å². The van der Waals surface area contributed by atoms with Crippen molar-refractivity contribution in [3.05, 3.63) is 35.5 Å². The Kier molecular flexibility index (Phi) is 4.53. The first-order valence-electron chi connectivity index (χ1n) is 10.8.